The van der Waals surface area contributed by atoms with Gasteiger partial charge in [-0.1, -0.05) is 6.42 Å². The highest BCUT2D eigenvalue weighted by atomic mass is 127. The molecule has 0 spiro atoms. The van der Waals surface area contributed by atoms with Crippen LogP contribution in [0.25, 0.3) is 0 Å². The Hall–Kier alpha value is 0.360. The summed E-state index contributed by atoms with van der Waals surface area (Å²) in [5, 5.41) is 23.4. The third kappa shape index (κ3) is 5.81. The summed E-state index contributed by atoms with van der Waals surface area (Å²) in [6, 6.07) is 3.92. The molecule has 1 heterocycles. The van der Waals surface area contributed by atoms with E-state index < -0.39 is 0 Å². The van der Waals surface area contributed by atoms with Crippen LogP contribution in [0.4, 0.5) is 0 Å². The monoisotopic (exact) mass is 516 g/mol. The minimum atomic E-state index is -0.355. The second kappa shape index (κ2) is 8.85. The van der Waals surface area contributed by atoms with Gasteiger partial charge < -0.3 is 20.4 Å². The van der Waals surface area contributed by atoms with Crippen LogP contribution in [0.5, 0.6) is 5.75 Å². The van der Waals surface area contributed by atoms with Crippen molar-refractivity contribution in [1.29, 1.82) is 0 Å². The number of phenolic OH excluding ortho intramolecular Hbond substituents is 1. The summed E-state index contributed by atoms with van der Waals surface area (Å²) in [5.74, 6) is 0.342. The zero-order chi connectivity index (χ0) is 15.2. The average molecular weight is 516 g/mol. The molecule has 0 unspecified atom stereocenters. The smallest absolute Gasteiger partial charge is 0.133 e. The quantitative estimate of drug-likeness (QED) is 0.510. The van der Waals surface area contributed by atoms with E-state index in [1.54, 1.807) is 0 Å². The number of aromatic hydroxyl groups is 1. The zero-order valence-corrected chi connectivity index (χ0v) is 16.3. The molecule has 0 saturated carbocycles. The molecule has 1 aromatic carbocycles. The van der Waals surface area contributed by atoms with Crippen molar-refractivity contribution in [3.63, 3.8) is 0 Å². The Balaban J connectivity index is 1.76. The Labute approximate surface area is 153 Å². The second-order valence-electron chi connectivity index (χ2n) is 5.54. The number of piperidine rings is 1. The van der Waals surface area contributed by atoms with Gasteiger partial charge in [0.2, 0.25) is 0 Å². The van der Waals surface area contributed by atoms with E-state index in [2.05, 4.69) is 55.4 Å². The predicted molar refractivity (Wildman–Crippen MR) is 102 cm³/mol. The van der Waals surface area contributed by atoms with Crippen molar-refractivity contribution in [3.05, 3.63) is 24.8 Å². The van der Waals surface area contributed by atoms with Crippen molar-refractivity contribution in [2.24, 2.45) is 0 Å². The molecule has 1 saturated heterocycles. The minimum absolute atomic E-state index is 0.342. The first-order chi connectivity index (χ1) is 10.1. The zero-order valence-electron chi connectivity index (χ0n) is 12.0. The van der Waals surface area contributed by atoms with Crippen molar-refractivity contribution in [2.45, 2.75) is 31.9 Å². The Morgan fingerprint density at radius 1 is 1.19 bits per heavy atom. The van der Waals surface area contributed by atoms with Gasteiger partial charge in [-0.3, -0.25) is 0 Å². The van der Waals surface area contributed by atoms with Gasteiger partial charge in [-0.15, -0.1) is 0 Å². The van der Waals surface area contributed by atoms with Crippen molar-refractivity contribution in [3.8, 4) is 5.75 Å². The van der Waals surface area contributed by atoms with Gasteiger partial charge in [0, 0.05) is 28.8 Å². The van der Waals surface area contributed by atoms with Gasteiger partial charge in [-0.05, 0) is 83.2 Å². The van der Waals surface area contributed by atoms with Crippen LogP contribution >= 0.6 is 45.2 Å². The van der Waals surface area contributed by atoms with Crippen LogP contribution in [0.3, 0.4) is 0 Å². The fourth-order valence-corrected chi connectivity index (χ4v) is 4.60. The number of nitrogens with one attached hydrogen (secondary N) is 1. The lowest BCUT2D eigenvalue weighted by atomic mass is 10.1. The number of rotatable bonds is 6. The molecule has 1 aliphatic heterocycles. The molecule has 2 rings (SSSR count). The Morgan fingerprint density at radius 2 is 1.90 bits per heavy atom. The molecule has 0 radical (unpaired) electrons. The first-order valence-electron chi connectivity index (χ1n) is 7.34. The Morgan fingerprint density at radius 3 is 2.62 bits per heavy atom. The molecule has 0 aliphatic carbocycles. The molecule has 118 valence electrons. The maximum Gasteiger partial charge on any atom is 0.133 e. The second-order valence-corrected chi connectivity index (χ2v) is 7.95. The molecule has 1 aromatic rings. The Bertz CT molecular complexity index is 465. The predicted octanol–water partition coefficient (Wildman–Crippen LogP) is 2.54. The van der Waals surface area contributed by atoms with Gasteiger partial charge in [0.1, 0.15) is 5.75 Å². The third-order valence-corrected chi connectivity index (χ3v) is 5.17. The van der Waals surface area contributed by atoms with Gasteiger partial charge in [-0.25, -0.2) is 0 Å². The molecule has 21 heavy (non-hydrogen) atoms. The van der Waals surface area contributed by atoms with Crippen LogP contribution in [0, 0.1) is 7.14 Å². The number of β-amino-alcohol motifs (C(OH)–C–C–N with tert-alkyl or cyclic N) is 1. The minimum Gasteiger partial charge on any atom is -0.507 e. The van der Waals surface area contributed by atoms with Crippen LogP contribution in [0.2, 0.25) is 0 Å². The first kappa shape index (κ1) is 17.7. The van der Waals surface area contributed by atoms with E-state index in [1.807, 2.05) is 12.1 Å². The molecule has 1 aliphatic rings. The van der Waals surface area contributed by atoms with Gasteiger partial charge in [-0.2, -0.15) is 0 Å². The number of likely N-dealkylation sites (tertiary alicyclic amines) is 1. The van der Waals surface area contributed by atoms with Crippen molar-refractivity contribution in [2.75, 3.05) is 26.2 Å². The van der Waals surface area contributed by atoms with E-state index in [-0.39, 0.29) is 6.10 Å². The first-order valence-corrected chi connectivity index (χ1v) is 9.50. The highest BCUT2D eigenvalue weighted by Gasteiger charge is 2.14. The number of aliphatic hydroxyl groups is 1. The van der Waals surface area contributed by atoms with E-state index in [1.165, 1.54) is 19.3 Å². The number of hydrogen-bond donors (Lipinski definition) is 3. The van der Waals surface area contributed by atoms with E-state index in [4.69, 9.17) is 0 Å². The molecular weight excluding hydrogens is 494 g/mol. The molecule has 0 amide bonds. The SMILES string of the molecule is Oc1c(I)cc(I)cc1CNC[C@@H](O)CN1CCCCC1. The molecule has 1 atom stereocenters. The third-order valence-electron chi connectivity index (χ3n) is 3.72. The number of hydrogen-bond acceptors (Lipinski definition) is 4. The summed E-state index contributed by atoms with van der Waals surface area (Å²) in [7, 11) is 0. The van der Waals surface area contributed by atoms with Gasteiger partial charge >= 0.3 is 0 Å². The fourth-order valence-electron chi connectivity index (χ4n) is 2.63. The average Bonchev–Trinajstić information content (AvgIpc) is 2.45. The van der Waals surface area contributed by atoms with E-state index >= 15 is 0 Å². The highest BCUT2D eigenvalue weighted by Crippen LogP contribution is 2.26. The number of benzene rings is 1. The highest BCUT2D eigenvalue weighted by molar-refractivity contribution is 14.1. The summed E-state index contributed by atoms with van der Waals surface area (Å²) < 4.78 is 1.98. The summed E-state index contributed by atoms with van der Waals surface area (Å²) in [6.07, 6.45) is 3.45. The lowest BCUT2D eigenvalue weighted by molar-refractivity contribution is 0.0999. The van der Waals surface area contributed by atoms with E-state index in [0.29, 0.717) is 18.8 Å². The van der Waals surface area contributed by atoms with Crippen molar-refractivity contribution < 1.29 is 10.2 Å². The maximum atomic E-state index is 10.1. The summed E-state index contributed by atoms with van der Waals surface area (Å²) in [4.78, 5) is 2.34. The summed E-state index contributed by atoms with van der Waals surface area (Å²) in [5.41, 5.74) is 0.886. The maximum absolute atomic E-state index is 10.1. The van der Waals surface area contributed by atoms with Crippen LogP contribution in [0.15, 0.2) is 12.1 Å². The topological polar surface area (TPSA) is 55.7 Å². The van der Waals surface area contributed by atoms with Crippen LogP contribution in [-0.4, -0.2) is 47.4 Å². The largest absolute Gasteiger partial charge is 0.507 e. The number of nitrogens with zero attached hydrogens (tertiary/aromatic N) is 1. The lowest BCUT2D eigenvalue weighted by Gasteiger charge is -2.28. The van der Waals surface area contributed by atoms with Gasteiger partial charge in [0.05, 0.1) is 9.67 Å². The number of halogens is 2. The molecular formula is C15H22I2N2O2. The molecule has 6 heteroatoms. The van der Waals surface area contributed by atoms with Crippen LogP contribution < -0.4 is 5.32 Å². The summed E-state index contributed by atoms with van der Waals surface area (Å²) in [6.45, 7) is 4.08. The van der Waals surface area contributed by atoms with Crippen molar-refractivity contribution >= 4 is 45.2 Å². The fraction of sp³-hybridized carbons (Fsp3) is 0.600. The lowest BCUT2D eigenvalue weighted by Crippen LogP contribution is -2.40. The molecule has 1 fully saturated rings. The van der Waals surface area contributed by atoms with Crippen LogP contribution in [0.1, 0.15) is 24.8 Å². The van der Waals surface area contributed by atoms with Crippen molar-refractivity contribution in [1.82, 2.24) is 10.2 Å². The molecule has 0 aromatic heterocycles. The molecule has 3 N–H and O–H groups in total. The molecule has 0 bridgehead atoms. The van der Waals surface area contributed by atoms with E-state index in [0.717, 1.165) is 32.3 Å². The Kier molecular flexibility index (Phi) is 7.47. The summed E-state index contributed by atoms with van der Waals surface area (Å²) >= 11 is 4.39. The van der Waals surface area contributed by atoms with Gasteiger partial charge in [0.25, 0.3) is 0 Å². The normalized spacial score (nSPS) is 17.9. The number of phenols is 1. The molecule has 4 nitrogen and oxygen atoms in total. The van der Waals surface area contributed by atoms with E-state index in [9.17, 15) is 10.2 Å². The standard InChI is InChI=1S/C15H22I2N2O2/c16-12-6-11(15(21)14(17)7-12)8-18-9-13(20)10-19-4-2-1-3-5-19/h6-7,13,18,20-21H,1-5,8-10H2/t13-/m1/s1. The van der Waals surface area contributed by atoms with Gasteiger partial charge in [0.15, 0.2) is 0 Å². The van der Waals surface area contributed by atoms with Crippen LogP contribution in [-0.2, 0) is 6.54 Å². The number of aliphatic hydroxyl groups excluding tert-OH is 1.